The molecule has 144 heavy (non-hydrogen) atoms. The second-order valence-corrected chi connectivity index (χ2v) is 51.3. The lowest BCUT2D eigenvalue weighted by atomic mass is 10.1. The van der Waals surface area contributed by atoms with Gasteiger partial charge in [0.2, 0.25) is 0 Å². The highest BCUT2D eigenvalue weighted by Gasteiger charge is 2.49. The minimum absolute atomic E-state index is 1.27. The van der Waals surface area contributed by atoms with Gasteiger partial charge in [-0.05, 0) is 197 Å². The van der Waals surface area contributed by atoms with Gasteiger partial charge in [0.1, 0.15) is 92.7 Å². The number of halogens is 16. The van der Waals surface area contributed by atoms with Crippen molar-refractivity contribution in [1.29, 1.82) is 0 Å². The molecule has 24 heteroatoms. The number of hydrogen-bond donors (Lipinski definition) is 0. The Morgan fingerprint density at radius 3 is 0.264 bits per heavy atom. The molecular weight excluding hydrogens is 1910 g/mol. The predicted molar refractivity (Wildman–Crippen MR) is 608 cm³/mol. The maximum Gasteiger partial charge on any atom is 0.673 e. The molecule has 0 atom stereocenters. The van der Waals surface area contributed by atoms with Crippen molar-refractivity contribution in [2.75, 3.05) is 24.6 Å². The second kappa shape index (κ2) is 74.4. The molecule has 0 aromatic heterocycles. The molecule has 0 N–H and O–H groups in total. The summed E-state index contributed by atoms with van der Waals surface area (Å²) in [5.74, 6) is 0. The fourth-order valence-corrected chi connectivity index (χ4v) is 36.5. The standard InChI is InChI=1S/4C30H40P.4BF4/c4*1-2-3-4-5-6-7-8-9-10-20-27-31(28-21-14-11-15-22-28,29-23-16-12-17-24-29)30-25-18-13-19-26-30;4*2-1(3,4)5/h4*11-19,21-26H,2-10,20,27H2,1H3;;;;/q4*+1;4*-1. The van der Waals surface area contributed by atoms with Crippen LogP contribution in [0.3, 0.4) is 0 Å². The third-order valence-electron chi connectivity index (χ3n) is 25.8. The summed E-state index contributed by atoms with van der Waals surface area (Å²) >= 11 is 0. The second-order valence-electron chi connectivity index (χ2n) is 36.9. The first-order chi connectivity index (χ1) is 69.5. The largest absolute Gasteiger partial charge is 0.673 e. The molecule has 0 aliphatic heterocycles. The molecule has 0 radical (unpaired) electrons. The molecule has 0 unspecified atom stereocenters. The molecule has 0 aliphatic carbocycles. The van der Waals surface area contributed by atoms with Crippen molar-refractivity contribution in [2.45, 2.75) is 285 Å². The van der Waals surface area contributed by atoms with Crippen LogP contribution in [0.5, 0.6) is 0 Å². The molecule has 0 bridgehead atoms. The topological polar surface area (TPSA) is 0 Å². The fraction of sp³-hybridized carbons (Fsp3) is 0.400. The average molecular weight is 2070 g/mol. The van der Waals surface area contributed by atoms with Crippen molar-refractivity contribution in [2.24, 2.45) is 0 Å². The lowest BCUT2D eigenvalue weighted by molar-refractivity contribution is 0.366. The van der Waals surface area contributed by atoms with E-state index in [1.165, 1.54) is 345 Å². The van der Waals surface area contributed by atoms with E-state index in [1.54, 1.807) is 0 Å². The van der Waals surface area contributed by atoms with Crippen molar-refractivity contribution in [3.8, 4) is 0 Å². The van der Waals surface area contributed by atoms with Crippen LogP contribution in [0.4, 0.5) is 69.1 Å². The molecule has 0 fully saturated rings. The molecule has 0 heterocycles. The Bertz CT molecular complexity index is 3960. The van der Waals surface area contributed by atoms with Crippen LogP contribution in [0, 0.1) is 0 Å². The van der Waals surface area contributed by atoms with E-state index >= 15 is 0 Å². The number of benzene rings is 12. The Labute approximate surface area is 858 Å². The van der Waals surface area contributed by atoms with Gasteiger partial charge in [-0.1, -0.05) is 452 Å². The van der Waals surface area contributed by atoms with Gasteiger partial charge >= 0.3 is 29.0 Å². The van der Waals surface area contributed by atoms with Gasteiger partial charge in [0.05, 0.1) is 24.6 Å². The van der Waals surface area contributed by atoms with Gasteiger partial charge in [0, 0.05) is 0 Å². The molecule has 0 amide bonds. The zero-order valence-electron chi connectivity index (χ0n) is 85.9. The van der Waals surface area contributed by atoms with E-state index in [4.69, 9.17) is 0 Å². The SMILES string of the molecule is CCCCCCCCCCCC[P+](c1ccccc1)(c1ccccc1)c1ccccc1.CCCCCCCCCCCC[P+](c1ccccc1)(c1ccccc1)c1ccccc1.CCCCCCCCCCCC[P+](c1ccccc1)(c1ccccc1)c1ccccc1.CCCCCCCCCCCC[P+](c1ccccc1)(c1ccccc1)c1ccccc1.F[B-](F)(F)F.F[B-](F)(F)F.F[B-](F)(F)F.F[B-](F)(F)F. The first kappa shape index (κ1) is 126. The third-order valence-corrected chi connectivity index (χ3v) is 43.9. The third kappa shape index (κ3) is 52.4. The summed E-state index contributed by atoms with van der Waals surface area (Å²) in [6, 6.07) is 136. The van der Waals surface area contributed by atoms with E-state index in [0.717, 1.165) is 0 Å². The molecule has 784 valence electrons. The summed E-state index contributed by atoms with van der Waals surface area (Å²) < 4.78 is 156. The summed E-state index contributed by atoms with van der Waals surface area (Å²) in [7, 11) is -30.5. The lowest BCUT2D eigenvalue weighted by Crippen LogP contribution is -2.33. The van der Waals surface area contributed by atoms with Crippen LogP contribution in [0.15, 0.2) is 364 Å². The maximum absolute atomic E-state index is 9.75. The fourth-order valence-electron chi connectivity index (χ4n) is 18.9. The summed E-state index contributed by atoms with van der Waals surface area (Å²) in [5, 5.41) is 18.2. The lowest BCUT2D eigenvalue weighted by Gasteiger charge is -2.27. The Balaban J connectivity index is 0.000000317. The van der Waals surface area contributed by atoms with E-state index in [-0.39, 0.29) is 0 Å². The van der Waals surface area contributed by atoms with Crippen LogP contribution in [-0.4, -0.2) is 53.7 Å². The summed E-state index contributed by atoms with van der Waals surface area (Å²) in [4.78, 5) is 0. The Morgan fingerprint density at radius 1 is 0.118 bits per heavy atom. The minimum atomic E-state index is -6.00. The Kier molecular flexibility index (Phi) is 65.1. The molecule has 0 spiro atoms. The van der Waals surface area contributed by atoms with E-state index < -0.39 is 58.1 Å². The van der Waals surface area contributed by atoms with Crippen LogP contribution in [-0.2, 0) is 0 Å². The van der Waals surface area contributed by atoms with Crippen LogP contribution in [0.25, 0.3) is 0 Å². The number of rotatable bonds is 56. The van der Waals surface area contributed by atoms with E-state index in [9.17, 15) is 69.1 Å². The summed E-state index contributed by atoms with van der Waals surface area (Å²) in [6.07, 6.45) is 60.6. The molecule has 12 rings (SSSR count). The first-order valence-corrected chi connectivity index (χ1v) is 61.1. The van der Waals surface area contributed by atoms with Crippen LogP contribution < -0.4 is 63.7 Å². The van der Waals surface area contributed by atoms with Gasteiger partial charge in [-0.25, -0.2) is 0 Å². The van der Waals surface area contributed by atoms with Gasteiger partial charge in [-0.3, -0.25) is 0 Å². The average Bonchev–Trinajstić information content (AvgIpc) is 0.773. The Morgan fingerprint density at radius 2 is 0.188 bits per heavy atom. The summed E-state index contributed by atoms with van der Waals surface area (Å²) in [6.45, 7) is 9.18. The highest BCUT2D eigenvalue weighted by atomic mass is 31.2. The van der Waals surface area contributed by atoms with Crippen molar-refractivity contribution in [1.82, 2.24) is 0 Å². The highest BCUT2D eigenvalue weighted by Crippen LogP contribution is 2.60. The normalized spacial score (nSPS) is 11.6. The van der Waals surface area contributed by atoms with Gasteiger partial charge in [0.15, 0.2) is 0 Å². The van der Waals surface area contributed by atoms with Gasteiger partial charge < -0.3 is 69.1 Å². The molecule has 12 aromatic rings. The van der Waals surface area contributed by atoms with Crippen molar-refractivity contribution < 1.29 is 69.1 Å². The van der Waals surface area contributed by atoms with Gasteiger partial charge in [0.25, 0.3) is 0 Å². The number of hydrogen-bond acceptors (Lipinski definition) is 0. The molecular formula is C120H160B4F16P4. The zero-order valence-corrected chi connectivity index (χ0v) is 89.5. The van der Waals surface area contributed by atoms with Crippen LogP contribution >= 0.6 is 29.0 Å². The zero-order chi connectivity index (χ0) is 104. The van der Waals surface area contributed by atoms with Crippen molar-refractivity contribution >= 4 is 122 Å². The molecule has 0 saturated carbocycles. The molecule has 0 nitrogen and oxygen atoms in total. The number of unbranched alkanes of at least 4 members (excludes halogenated alkanes) is 36. The van der Waals surface area contributed by atoms with Crippen LogP contribution in [0.2, 0.25) is 0 Å². The maximum atomic E-state index is 9.75. The van der Waals surface area contributed by atoms with Crippen molar-refractivity contribution in [3.63, 3.8) is 0 Å². The first-order valence-electron chi connectivity index (χ1n) is 53.2. The van der Waals surface area contributed by atoms with Gasteiger partial charge in [-0.2, -0.15) is 0 Å². The predicted octanol–water partition coefficient (Wildman–Crippen LogP) is 36.8. The van der Waals surface area contributed by atoms with E-state index in [0.29, 0.717) is 0 Å². The minimum Gasteiger partial charge on any atom is -0.418 e. The monoisotopic (exact) mass is 2070 g/mol. The quantitative estimate of drug-likeness (QED) is 0.0154. The van der Waals surface area contributed by atoms with E-state index in [1.807, 2.05) is 0 Å². The van der Waals surface area contributed by atoms with E-state index in [2.05, 4.69) is 392 Å². The van der Waals surface area contributed by atoms with Crippen molar-refractivity contribution in [3.05, 3.63) is 364 Å². The Hall–Kier alpha value is -8.50. The molecule has 0 aliphatic rings. The molecule has 12 aromatic carbocycles. The smallest absolute Gasteiger partial charge is 0.418 e. The molecule has 0 saturated heterocycles. The van der Waals surface area contributed by atoms with Gasteiger partial charge in [-0.15, -0.1) is 0 Å². The van der Waals surface area contributed by atoms with Crippen LogP contribution in [0.1, 0.15) is 285 Å². The summed E-state index contributed by atoms with van der Waals surface area (Å²) in [5.41, 5.74) is 0. The highest BCUT2D eigenvalue weighted by molar-refractivity contribution is 7.97.